The average Bonchev–Trinajstić information content (AvgIpc) is 3.50. The predicted molar refractivity (Wildman–Crippen MR) is 105 cm³/mol. The molecule has 1 aliphatic rings. The standard InChI is InChI=1S/C20H20N2O5S/c1-13(28-17-11-9-16(10-12-17)22(25)26)20(24)27-18(14-5-3-2-4-6-14)19(23)21-15-7-8-15/h2-6,9-13,15,18H,7-8H2,1H3,(H,21,23)/t13-,18+/m1/s1. The van der Waals surface area contributed by atoms with Crippen LogP contribution in [0.3, 0.4) is 0 Å². The maximum atomic E-state index is 12.6. The molecular weight excluding hydrogens is 380 g/mol. The molecule has 28 heavy (non-hydrogen) atoms. The summed E-state index contributed by atoms with van der Waals surface area (Å²) < 4.78 is 5.54. The quantitative estimate of drug-likeness (QED) is 0.314. The second-order valence-corrected chi connectivity index (χ2v) is 7.94. The predicted octanol–water partition coefficient (Wildman–Crippen LogP) is 3.64. The smallest absolute Gasteiger partial charge is 0.320 e. The van der Waals surface area contributed by atoms with Crippen molar-refractivity contribution in [1.82, 2.24) is 5.32 Å². The van der Waals surface area contributed by atoms with Crippen LogP contribution < -0.4 is 5.32 Å². The molecule has 1 saturated carbocycles. The zero-order valence-corrected chi connectivity index (χ0v) is 16.1. The van der Waals surface area contributed by atoms with Gasteiger partial charge in [0.15, 0.2) is 0 Å². The van der Waals surface area contributed by atoms with Crippen LogP contribution in [0.5, 0.6) is 0 Å². The summed E-state index contributed by atoms with van der Waals surface area (Å²) in [7, 11) is 0. The van der Waals surface area contributed by atoms with Crippen molar-refractivity contribution in [1.29, 1.82) is 0 Å². The number of nitro benzene ring substituents is 1. The molecule has 0 saturated heterocycles. The van der Waals surface area contributed by atoms with Crippen LogP contribution in [-0.4, -0.2) is 28.1 Å². The Morgan fingerprint density at radius 2 is 1.79 bits per heavy atom. The van der Waals surface area contributed by atoms with Crippen molar-refractivity contribution < 1.29 is 19.2 Å². The first-order valence-electron chi connectivity index (χ1n) is 8.91. The van der Waals surface area contributed by atoms with Gasteiger partial charge >= 0.3 is 5.97 Å². The number of carbonyl (C=O) groups is 2. The summed E-state index contributed by atoms with van der Waals surface area (Å²) >= 11 is 1.22. The third-order valence-electron chi connectivity index (χ3n) is 4.19. The second-order valence-electron chi connectivity index (χ2n) is 6.52. The Labute approximate surface area is 166 Å². The Kier molecular flexibility index (Phi) is 6.30. The molecule has 1 aliphatic carbocycles. The minimum absolute atomic E-state index is 0.0135. The molecule has 7 nitrogen and oxygen atoms in total. The Hall–Kier alpha value is -2.87. The lowest BCUT2D eigenvalue weighted by Gasteiger charge is -2.20. The van der Waals surface area contributed by atoms with Gasteiger partial charge < -0.3 is 10.1 Å². The fraction of sp³-hybridized carbons (Fsp3) is 0.300. The molecule has 8 heteroatoms. The van der Waals surface area contributed by atoms with Crippen molar-refractivity contribution in [3.05, 3.63) is 70.3 Å². The van der Waals surface area contributed by atoms with E-state index >= 15 is 0 Å². The van der Waals surface area contributed by atoms with Crippen LogP contribution in [0, 0.1) is 10.1 Å². The Morgan fingerprint density at radius 1 is 1.14 bits per heavy atom. The molecule has 2 aromatic carbocycles. The monoisotopic (exact) mass is 400 g/mol. The van der Waals surface area contributed by atoms with Crippen molar-refractivity contribution in [3.8, 4) is 0 Å². The minimum Gasteiger partial charge on any atom is -0.446 e. The molecule has 3 rings (SSSR count). The van der Waals surface area contributed by atoms with Crippen LogP contribution in [0.25, 0.3) is 0 Å². The van der Waals surface area contributed by atoms with E-state index in [4.69, 9.17) is 4.74 Å². The van der Waals surface area contributed by atoms with E-state index < -0.39 is 22.2 Å². The first-order valence-corrected chi connectivity index (χ1v) is 9.79. The molecule has 1 N–H and O–H groups in total. The molecule has 0 unspecified atom stereocenters. The lowest BCUT2D eigenvalue weighted by atomic mass is 10.1. The van der Waals surface area contributed by atoms with Crippen LogP contribution in [0.1, 0.15) is 31.4 Å². The summed E-state index contributed by atoms with van der Waals surface area (Å²) in [6, 6.07) is 15.0. The highest BCUT2D eigenvalue weighted by Gasteiger charge is 2.32. The highest BCUT2D eigenvalue weighted by Crippen LogP contribution is 2.28. The molecule has 0 bridgehead atoms. The SMILES string of the molecule is C[C@@H](Sc1ccc([N+](=O)[O-])cc1)C(=O)O[C@H](C(=O)NC1CC1)c1ccccc1. The van der Waals surface area contributed by atoms with Gasteiger partial charge in [0.1, 0.15) is 5.25 Å². The lowest BCUT2D eigenvalue weighted by Crippen LogP contribution is -2.34. The van der Waals surface area contributed by atoms with Crippen molar-refractivity contribution in [2.24, 2.45) is 0 Å². The number of nitrogens with zero attached hydrogens (tertiary/aromatic N) is 1. The lowest BCUT2D eigenvalue weighted by molar-refractivity contribution is -0.384. The summed E-state index contributed by atoms with van der Waals surface area (Å²) in [5.41, 5.74) is 0.599. The van der Waals surface area contributed by atoms with E-state index in [1.807, 2.05) is 6.07 Å². The number of esters is 1. The van der Waals surface area contributed by atoms with Gasteiger partial charge in [0.05, 0.1) is 4.92 Å². The molecule has 2 atom stereocenters. The van der Waals surface area contributed by atoms with Gasteiger partial charge in [-0.05, 0) is 31.9 Å². The maximum Gasteiger partial charge on any atom is 0.320 e. The second kappa shape index (κ2) is 8.88. The van der Waals surface area contributed by atoms with Crippen LogP contribution in [0.4, 0.5) is 5.69 Å². The fourth-order valence-electron chi connectivity index (χ4n) is 2.52. The minimum atomic E-state index is -1.01. The van der Waals surface area contributed by atoms with Gasteiger partial charge in [0, 0.05) is 28.6 Å². The largest absolute Gasteiger partial charge is 0.446 e. The molecule has 0 spiro atoms. The first kappa shape index (κ1) is 19.9. The topological polar surface area (TPSA) is 98.5 Å². The normalized spacial score (nSPS) is 15.3. The van der Waals surface area contributed by atoms with Gasteiger partial charge in [0.25, 0.3) is 11.6 Å². The number of hydrogen-bond acceptors (Lipinski definition) is 6. The van der Waals surface area contributed by atoms with Crippen LogP contribution in [-0.2, 0) is 14.3 Å². The summed E-state index contributed by atoms with van der Waals surface area (Å²) in [6.45, 7) is 1.68. The number of amides is 1. The number of carbonyl (C=O) groups excluding carboxylic acids is 2. The molecule has 0 aromatic heterocycles. The van der Waals surface area contributed by atoms with Gasteiger partial charge in [-0.2, -0.15) is 0 Å². The van der Waals surface area contributed by atoms with Gasteiger partial charge in [-0.3, -0.25) is 19.7 Å². The number of non-ortho nitro benzene ring substituents is 1. The molecule has 0 aliphatic heterocycles. The zero-order chi connectivity index (χ0) is 20.1. The van der Waals surface area contributed by atoms with E-state index in [0.717, 1.165) is 12.8 Å². The van der Waals surface area contributed by atoms with Gasteiger partial charge in [-0.15, -0.1) is 11.8 Å². The van der Waals surface area contributed by atoms with E-state index in [9.17, 15) is 19.7 Å². The molecule has 1 amide bonds. The number of nitro groups is 1. The van der Waals surface area contributed by atoms with E-state index in [0.29, 0.717) is 10.5 Å². The number of thioether (sulfide) groups is 1. The first-order chi connectivity index (χ1) is 13.4. The third-order valence-corrected chi connectivity index (χ3v) is 5.28. The number of ether oxygens (including phenoxy) is 1. The van der Waals surface area contributed by atoms with Crippen LogP contribution in [0.2, 0.25) is 0 Å². The highest BCUT2D eigenvalue weighted by molar-refractivity contribution is 8.00. The number of benzene rings is 2. The Morgan fingerprint density at radius 3 is 2.36 bits per heavy atom. The highest BCUT2D eigenvalue weighted by atomic mass is 32.2. The zero-order valence-electron chi connectivity index (χ0n) is 15.2. The number of nitrogens with one attached hydrogen (secondary N) is 1. The van der Waals surface area contributed by atoms with Crippen molar-refractivity contribution in [2.75, 3.05) is 0 Å². The molecule has 1 fully saturated rings. The van der Waals surface area contributed by atoms with Gasteiger partial charge in [-0.1, -0.05) is 30.3 Å². The molecule has 0 radical (unpaired) electrons. The maximum absolute atomic E-state index is 12.6. The molecular formula is C20H20N2O5S. The van der Waals surface area contributed by atoms with Gasteiger partial charge in [-0.25, -0.2) is 0 Å². The number of rotatable bonds is 8. The average molecular weight is 400 g/mol. The summed E-state index contributed by atoms with van der Waals surface area (Å²) in [5, 5.41) is 13.0. The van der Waals surface area contributed by atoms with Crippen LogP contribution in [0.15, 0.2) is 59.5 Å². The molecule has 2 aromatic rings. The Balaban J connectivity index is 1.66. The van der Waals surface area contributed by atoms with E-state index in [2.05, 4.69) is 5.32 Å². The number of hydrogen-bond donors (Lipinski definition) is 1. The summed E-state index contributed by atoms with van der Waals surface area (Å²) in [4.78, 5) is 36.1. The van der Waals surface area contributed by atoms with E-state index in [1.54, 1.807) is 43.3 Å². The summed E-state index contributed by atoms with van der Waals surface area (Å²) in [5.74, 6) is -0.849. The summed E-state index contributed by atoms with van der Waals surface area (Å²) in [6.07, 6.45) is 0.871. The molecule has 0 heterocycles. The van der Waals surface area contributed by atoms with Crippen molar-refractivity contribution >= 4 is 29.3 Å². The molecule has 146 valence electrons. The van der Waals surface area contributed by atoms with Crippen LogP contribution >= 0.6 is 11.8 Å². The van der Waals surface area contributed by atoms with Gasteiger partial charge in [0.2, 0.25) is 6.10 Å². The Bertz CT molecular complexity index is 853. The van der Waals surface area contributed by atoms with E-state index in [-0.39, 0.29) is 17.6 Å². The third kappa shape index (κ3) is 5.32. The fourth-order valence-corrected chi connectivity index (χ4v) is 3.37. The van der Waals surface area contributed by atoms with E-state index in [1.165, 1.54) is 23.9 Å². The van der Waals surface area contributed by atoms with Crippen molar-refractivity contribution in [3.63, 3.8) is 0 Å². The van der Waals surface area contributed by atoms with Crippen molar-refractivity contribution in [2.45, 2.75) is 42.1 Å².